The van der Waals surface area contributed by atoms with Crippen molar-refractivity contribution in [3.63, 3.8) is 0 Å². The molecule has 1 rings (SSSR count). The Labute approximate surface area is 84.2 Å². The van der Waals surface area contributed by atoms with E-state index < -0.39 is 0 Å². The molecule has 0 aromatic heterocycles. The highest BCUT2D eigenvalue weighted by molar-refractivity contribution is 5.93. The van der Waals surface area contributed by atoms with E-state index in [9.17, 15) is 4.79 Å². The van der Waals surface area contributed by atoms with Gasteiger partial charge >= 0.3 is 0 Å². The number of carbonyl (C=O) groups is 1. The van der Waals surface area contributed by atoms with Crippen molar-refractivity contribution in [2.24, 2.45) is 0 Å². The predicted molar refractivity (Wildman–Crippen MR) is 58.4 cm³/mol. The van der Waals surface area contributed by atoms with Crippen molar-refractivity contribution in [3.05, 3.63) is 55.1 Å². The van der Waals surface area contributed by atoms with Crippen LogP contribution in [0.2, 0.25) is 0 Å². The monoisotopic (exact) mass is 187 g/mol. The van der Waals surface area contributed by atoms with Gasteiger partial charge in [-0.2, -0.15) is 0 Å². The largest absolute Gasteiger partial charge is 0.312 e. The minimum Gasteiger partial charge on any atom is -0.312 e. The second kappa shape index (κ2) is 4.42. The number of amides is 1. The second-order valence-corrected chi connectivity index (χ2v) is 2.91. The summed E-state index contributed by atoms with van der Waals surface area (Å²) in [6.07, 6.45) is 1.27. The van der Waals surface area contributed by atoms with Crippen molar-refractivity contribution in [2.45, 2.75) is 0 Å². The summed E-state index contributed by atoms with van der Waals surface area (Å²) in [5, 5.41) is 0. The maximum absolute atomic E-state index is 11.3. The highest BCUT2D eigenvalue weighted by Crippen LogP contribution is 2.14. The van der Waals surface area contributed by atoms with Crippen molar-refractivity contribution >= 4 is 11.6 Å². The lowest BCUT2D eigenvalue weighted by Crippen LogP contribution is -2.22. The van der Waals surface area contributed by atoms with E-state index in [1.165, 1.54) is 11.0 Å². The first-order valence-corrected chi connectivity index (χ1v) is 4.31. The molecule has 1 aromatic carbocycles. The topological polar surface area (TPSA) is 20.3 Å². The molecule has 0 radical (unpaired) electrons. The van der Waals surface area contributed by atoms with Crippen LogP contribution in [0.1, 0.15) is 5.56 Å². The van der Waals surface area contributed by atoms with Gasteiger partial charge in [0.25, 0.3) is 0 Å². The van der Waals surface area contributed by atoms with Crippen LogP contribution >= 0.6 is 0 Å². The van der Waals surface area contributed by atoms with E-state index >= 15 is 0 Å². The van der Waals surface area contributed by atoms with E-state index in [2.05, 4.69) is 13.2 Å². The first kappa shape index (κ1) is 10.3. The van der Waals surface area contributed by atoms with E-state index in [0.717, 1.165) is 5.56 Å². The highest BCUT2D eigenvalue weighted by Gasteiger charge is 2.08. The molecule has 0 fully saturated rings. The summed E-state index contributed by atoms with van der Waals surface area (Å²) in [5.74, 6) is -0.154. The number of hydrogen-bond donors (Lipinski definition) is 0. The summed E-state index contributed by atoms with van der Waals surface area (Å²) in [6.45, 7) is 7.28. The van der Waals surface area contributed by atoms with Crippen LogP contribution in [-0.2, 0) is 4.79 Å². The summed E-state index contributed by atoms with van der Waals surface area (Å²) in [7, 11) is 1.68. The van der Waals surface area contributed by atoms with Gasteiger partial charge in [0.05, 0.1) is 0 Å². The van der Waals surface area contributed by atoms with E-state index in [4.69, 9.17) is 0 Å². The molecule has 72 valence electrons. The summed E-state index contributed by atoms with van der Waals surface area (Å²) >= 11 is 0. The van der Waals surface area contributed by atoms with Gasteiger partial charge in [-0.1, -0.05) is 43.5 Å². The maximum atomic E-state index is 11.3. The molecule has 0 aliphatic heterocycles. The van der Waals surface area contributed by atoms with Crippen molar-refractivity contribution in [1.82, 2.24) is 4.90 Å². The molecule has 0 bridgehead atoms. The fourth-order valence-corrected chi connectivity index (χ4v) is 1.09. The fraction of sp³-hybridized carbons (Fsp3) is 0.0833. The molecular formula is C12H13NO. The number of likely N-dealkylation sites (N-methyl/N-ethyl adjacent to an activating group) is 1. The van der Waals surface area contributed by atoms with E-state index in [-0.39, 0.29) is 5.91 Å². The van der Waals surface area contributed by atoms with Crippen molar-refractivity contribution < 1.29 is 4.79 Å². The van der Waals surface area contributed by atoms with Gasteiger partial charge in [-0.05, 0) is 11.6 Å². The van der Waals surface area contributed by atoms with Gasteiger partial charge in [0.1, 0.15) is 0 Å². The van der Waals surface area contributed by atoms with Crippen molar-refractivity contribution in [2.75, 3.05) is 7.05 Å². The molecule has 0 saturated carbocycles. The van der Waals surface area contributed by atoms with Crippen LogP contribution in [0, 0.1) is 0 Å². The van der Waals surface area contributed by atoms with Crippen LogP contribution in [0.5, 0.6) is 0 Å². The van der Waals surface area contributed by atoms with Crippen molar-refractivity contribution in [1.29, 1.82) is 0 Å². The molecule has 0 aliphatic carbocycles. The van der Waals surface area contributed by atoms with Gasteiger partial charge < -0.3 is 4.90 Å². The van der Waals surface area contributed by atoms with Crippen LogP contribution < -0.4 is 0 Å². The molecule has 0 heterocycles. The van der Waals surface area contributed by atoms with Crippen LogP contribution in [-0.4, -0.2) is 17.9 Å². The maximum Gasteiger partial charge on any atom is 0.250 e. The molecular weight excluding hydrogens is 174 g/mol. The first-order valence-electron chi connectivity index (χ1n) is 4.31. The number of benzene rings is 1. The Morgan fingerprint density at radius 2 is 1.93 bits per heavy atom. The lowest BCUT2D eigenvalue weighted by Gasteiger charge is -2.17. The Morgan fingerprint density at radius 1 is 1.36 bits per heavy atom. The highest BCUT2D eigenvalue weighted by atomic mass is 16.2. The lowest BCUT2D eigenvalue weighted by atomic mass is 10.1. The summed E-state index contributed by atoms with van der Waals surface area (Å²) < 4.78 is 0. The third kappa shape index (κ3) is 2.10. The Morgan fingerprint density at radius 3 is 2.43 bits per heavy atom. The molecule has 2 heteroatoms. The standard InChI is InChI=1S/C12H13NO/c1-4-12(14)13(3)10(2)11-8-6-5-7-9-11/h4-9H,1-2H2,3H3. The number of carbonyl (C=O) groups excluding carboxylic acids is 1. The van der Waals surface area contributed by atoms with Crippen LogP contribution in [0.4, 0.5) is 0 Å². The molecule has 0 N–H and O–H groups in total. The third-order valence-electron chi connectivity index (χ3n) is 2.02. The molecule has 14 heavy (non-hydrogen) atoms. The van der Waals surface area contributed by atoms with E-state index in [1.54, 1.807) is 7.05 Å². The van der Waals surface area contributed by atoms with E-state index in [1.807, 2.05) is 30.3 Å². The van der Waals surface area contributed by atoms with Crippen LogP contribution in [0.25, 0.3) is 5.70 Å². The Hall–Kier alpha value is -1.83. The summed E-state index contributed by atoms with van der Waals surface area (Å²) in [4.78, 5) is 12.7. The zero-order valence-electron chi connectivity index (χ0n) is 8.23. The molecule has 0 unspecified atom stereocenters. The van der Waals surface area contributed by atoms with Gasteiger partial charge in [0.15, 0.2) is 0 Å². The normalized spacial score (nSPS) is 9.21. The van der Waals surface area contributed by atoms with Gasteiger partial charge in [-0.25, -0.2) is 0 Å². The summed E-state index contributed by atoms with van der Waals surface area (Å²) in [5.41, 5.74) is 1.61. The molecule has 0 aliphatic rings. The molecule has 0 atom stereocenters. The van der Waals surface area contributed by atoms with Gasteiger partial charge in [-0.3, -0.25) is 4.79 Å². The van der Waals surface area contributed by atoms with Crippen molar-refractivity contribution in [3.8, 4) is 0 Å². The lowest BCUT2D eigenvalue weighted by molar-refractivity contribution is -0.121. The average molecular weight is 187 g/mol. The number of hydrogen-bond acceptors (Lipinski definition) is 1. The second-order valence-electron chi connectivity index (χ2n) is 2.91. The first-order chi connectivity index (χ1) is 6.66. The Kier molecular flexibility index (Phi) is 3.24. The van der Waals surface area contributed by atoms with Gasteiger partial charge in [0, 0.05) is 12.7 Å². The molecule has 1 amide bonds. The SMILES string of the molecule is C=CC(=O)N(C)C(=C)c1ccccc1. The molecule has 2 nitrogen and oxygen atoms in total. The zero-order chi connectivity index (χ0) is 10.6. The number of rotatable bonds is 3. The summed E-state index contributed by atoms with van der Waals surface area (Å²) in [6, 6.07) is 9.57. The minimum atomic E-state index is -0.154. The average Bonchev–Trinajstić information content (AvgIpc) is 2.27. The smallest absolute Gasteiger partial charge is 0.250 e. The van der Waals surface area contributed by atoms with Gasteiger partial charge in [0.2, 0.25) is 5.91 Å². The Bertz CT molecular complexity index is 354. The third-order valence-corrected chi connectivity index (χ3v) is 2.02. The molecule has 0 spiro atoms. The van der Waals surface area contributed by atoms with Crippen LogP contribution in [0.3, 0.4) is 0 Å². The Balaban J connectivity index is 2.86. The predicted octanol–water partition coefficient (Wildman–Crippen LogP) is 2.30. The van der Waals surface area contributed by atoms with E-state index in [0.29, 0.717) is 5.70 Å². The zero-order valence-corrected chi connectivity index (χ0v) is 8.23. The fourth-order valence-electron chi connectivity index (χ4n) is 1.09. The molecule has 0 saturated heterocycles. The van der Waals surface area contributed by atoms with Crippen LogP contribution in [0.15, 0.2) is 49.6 Å². The molecule has 1 aromatic rings. The van der Waals surface area contributed by atoms with Gasteiger partial charge in [-0.15, -0.1) is 0 Å². The quantitative estimate of drug-likeness (QED) is 0.665. The number of nitrogens with zero attached hydrogens (tertiary/aromatic N) is 1. The minimum absolute atomic E-state index is 0.154.